The number of amides is 2. The van der Waals surface area contributed by atoms with Crippen molar-refractivity contribution in [2.75, 3.05) is 32.5 Å². The van der Waals surface area contributed by atoms with Crippen molar-refractivity contribution < 1.29 is 9.59 Å². The van der Waals surface area contributed by atoms with E-state index in [1.807, 2.05) is 36.9 Å². The Hall–Kier alpha value is -1.88. The number of likely N-dealkylation sites (N-methyl/N-ethyl adjacent to an activating group) is 1. The van der Waals surface area contributed by atoms with Gasteiger partial charge < -0.3 is 10.2 Å². The second-order valence-corrected chi connectivity index (χ2v) is 6.23. The van der Waals surface area contributed by atoms with Gasteiger partial charge in [0.25, 0.3) is 0 Å². The molecule has 5 heteroatoms. The molecule has 1 N–H and O–H groups in total. The number of benzene rings is 1. The molecule has 1 aromatic rings. The first-order valence-electron chi connectivity index (χ1n) is 7.71. The third kappa shape index (κ3) is 3.85. The molecule has 5 nitrogen and oxygen atoms in total. The van der Waals surface area contributed by atoms with Gasteiger partial charge in [-0.2, -0.15) is 0 Å². The lowest BCUT2D eigenvalue weighted by molar-refractivity contribution is -0.133. The van der Waals surface area contributed by atoms with Gasteiger partial charge in [0, 0.05) is 19.8 Å². The number of likely N-dealkylation sites (tertiary alicyclic amines) is 1. The van der Waals surface area contributed by atoms with Gasteiger partial charge in [0.1, 0.15) is 0 Å². The lowest BCUT2D eigenvalue weighted by Gasteiger charge is -2.25. The van der Waals surface area contributed by atoms with Crippen molar-refractivity contribution in [1.29, 1.82) is 0 Å². The molecule has 1 unspecified atom stereocenters. The fraction of sp³-hybridized carbons (Fsp3) is 0.529. The third-order valence-corrected chi connectivity index (χ3v) is 4.09. The summed E-state index contributed by atoms with van der Waals surface area (Å²) < 4.78 is 0. The van der Waals surface area contributed by atoms with Crippen molar-refractivity contribution in [3.05, 3.63) is 29.3 Å². The summed E-state index contributed by atoms with van der Waals surface area (Å²) in [7, 11) is 3.52. The molecule has 1 aliphatic rings. The molecule has 2 amide bonds. The van der Waals surface area contributed by atoms with Crippen molar-refractivity contribution in [3.8, 4) is 0 Å². The van der Waals surface area contributed by atoms with Crippen LogP contribution in [0.15, 0.2) is 18.2 Å². The number of nitrogens with one attached hydrogen (secondary N) is 1. The largest absolute Gasteiger partial charge is 0.347 e. The summed E-state index contributed by atoms with van der Waals surface area (Å²) in [5, 5.41) is 2.95. The molecule has 1 heterocycles. The van der Waals surface area contributed by atoms with Crippen LogP contribution in [-0.4, -0.2) is 54.8 Å². The molecule has 0 aromatic heterocycles. The quantitative estimate of drug-likeness (QED) is 0.923. The van der Waals surface area contributed by atoms with Crippen LogP contribution in [0.4, 0.5) is 5.69 Å². The van der Waals surface area contributed by atoms with Gasteiger partial charge in [0.15, 0.2) is 0 Å². The van der Waals surface area contributed by atoms with Crippen LogP contribution in [0.5, 0.6) is 0 Å². The zero-order valence-corrected chi connectivity index (χ0v) is 13.8. The number of carbonyl (C=O) groups is 2. The smallest absolute Gasteiger partial charge is 0.239 e. The van der Waals surface area contributed by atoms with Crippen molar-refractivity contribution >= 4 is 17.5 Å². The van der Waals surface area contributed by atoms with E-state index in [0.29, 0.717) is 0 Å². The van der Waals surface area contributed by atoms with Crippen LogP contribution >= 0.6 is 0 Å². The molecule has 0 saturated carbocycles. The normalized spacial score (nSPS) is 18.3. The summed E-state index contributed by atoms with van der Waals surface area (Å²) in [6.45, 7) is 5.07. The Balaban J connectivity index is 1.98. The lowest BCUT2D eigenvalue weighted by atomic mass is 10.1. The van der Waals surface area contributed by atoms with E-state index in [1.54, 1.807) is 19.0 Å². The zero-order valence-electron chi connectivity index (χ0n) is 13.8. The van der Waals surface area contributed by atoms with Crippen molar-refractivity contribution in [3.63, 3.8) is 0 Å². The van der Waals surface area contributed by atoms with E-state index in [1.165, 1.54) is 5.56 Å². The minimum absolute atomic E-state index is 0.0644. The highest BCUT2D eigenvalue weighted by atomic mass is 16.2. The zero-order chi connectivity index (χ0) is 16.3. The number of rotatable bonds is 4. The van der Waals surface area contributed by atoms with E-state index in [2.05, 4.69) is 5.32 Å². The number of aryl methyl sites for hydroxylation is 2. The molecule has 0 radical (unpaired) electrons. The van der Waals surface area contributed by atoms with Crippen LogP contribution in [0.2, 0.25) is 0 Å². The van der Waals surface area contributed by atoms with Gasteiger partial charge in [-0.05, 0) is 44.9 Å². The van der Waals surface area contributed by atoms with Crippen LogP contribution < -0.4 is 5.32 Å². The molecule has 1 atom stereocenters. The highest BCUT2D eigenvalue weighted by Gasteiger charge is 2.32. The van der Waals surface area contributed by atoms with Crippen molar-refractivity contribution in [1.82, 2.24) is 9.80 Å². The van der Waals surface area contributed by atoms with Crippen LogP contribution in [-0.2, 0) is 9.59 Å². The van der Waals surface area contributed by atoms with Gasteiger partial charge >= 0.3 is 0 Å². The Morgan fingerprint density at radius 2 is 2.05 bits per heavy atom. The molecular formula is C17H25N3O2. The minimum atomic E-state index is -0.167. The number of hydrogen-bond donors (Lipinski definition) is 1. The molecule has 1 saturated heterocycles. The minimum Gasteiger partial charge on any atom is -0.347 e. The van der Waals surface area contributed by atoms with E-state index in [9.17, 15) is 9.59 Å². The monoisotopic (exact) mass is 303 g/mol. The van der Waals surface area contributed by atoms with Crippen LogP contribution in [0.1, 0.15) is 24.0 Å². The summed E-state index contributed by atoms with van der Waals surface area (Å²) in [4.78, 5) is 28.0. The standard InChI is InChI=1S/C17H25N3O2/c1-12-7-8-14(13(2)10-12)18-16(21)11-20-9-5-6-15(20)17(22)19(3)4/h7-8,10,15H,5-6,9,11H2,1-4H3,(H,18,21). The molecule has 0 aliphatic carbocycles. The summed E-state index contributed by atoms with van der Waals surface area (Å²) >= 11 is 0. The number of nitrogens with zero attached hydrogens (tertiary/aromatic N) is 2. The SMILES string of the molecule is Cc1ccc(NC(=O)CN2CCCC2C(=O)N(C)C)c(C)c1. The number of anilines is 1. The first-order chi connectivity index (χ1) is 10.4. The van der Waals surface area contributed by atoms with Gasteiger partial charge in [0.05, 0.1) is 12.6 Å². The molecule has 0 spiro atoms. The molecule has 22 heavy (non-hydrogen) atoms. The predicted molar refractivity (Wildman–Crippen MR) is 87.8 cm³/mol. The van der Waals surface area contributed by atoms with E-state index < -0.39 is 0 Å². The Labute approximate surface area is 132 Å². The molecule has 1 fully saturated rings. The molecule has 0 bridgehead atoms. The van der Waals surface area contributed by atoms with E-state index in [0.717, 1.165) is 30.6 Å². The lowest BCUT2D eigenvalue weighted by Crippen LogP contribution is -2.45. The molecular weight excluding hydrogens is 278 g/mol. The van der Waals surface area contributed by atoms with Crippen molar-refractivity contribution in [2.24, 2.45) is 0 Å². The topological polar surface area (TPSA) is 52.7 Å². The Kier molecular flexibility index (Phi) is 5.19. The predicted octanol–water partition coefficient (Wildman–Crippen LogP) is 1.79. The first-order valence-corrected chi connectivity index (χ1v) is 7.71. The summed E-state index contributed by atoms with van der Waals surface area (Å²) in [6.07, 6.45) is 1.79. The summed E-state index contributed by atoms with van der Waals surface area (Å²) in [5.41, 5.74) is 3.06. The Morgan fingerprint density at radius 1 is 1.32 bits per heavy atom. The average Bonchev–Trinajstić information content (AvgIpc) is 2.89. The van der Waals surface area contributed by atoms with Gasteiger partial charge in [-0.1, -0.05) is 17.7 Å². The van der Waals surface area contributed by atoms with Crippen LogP contribution in [0.3, 0.4) is 0 Å². The maximum Gasteiger partial charge on any atom is 0.239 e. The van der Waals surface area contributed by atoms with E-state index in [4.69, 9.17) is 0 Å². The van der Waals surface area contributed by atoms with Gasteiger partial charge in [-0.3, -0.25) is 14.5 Å². The van der Waals surface area contributed by atoms with Gasteiger partial charge in [-0.15, -0.1) is 0 Å². The van der Waals surface area contributed by atoms with E-state index >= 15 is 0 Å². The third-order valence-electron chi connectivity index (χ3n) is 4.09. The number of hydrogen-bond acceptors (Lipinski definition) is 3. The van der Waals surface area contributed by atoms with Crippen LogP contribution in [0, 0.1) is 13.8 Å². The summed E-state index contributed by atoms with van der Waals surface area (Å²) in [5.74, 6) is 0.0159. The average molecular weight is 303 g/mol. The molecule has 2 rings (SSSR count). The molecule has 1 aliphatic heterocycles. The number of carbonyl (C=O) groups excluding carboxylic acids is 2. The van der Waals surface area contributed by atoms with Crippen LogP contribution in [0.25, 0.3) is 0 Å². The maximum atomic E-state index is 12.3. The Morgan fingerprint density at radius 3 is 2.68 bits per heavy atom. The second kappa shape index (κ2) is 6.92. The second-order valence-electron chi connectivity index (χ2n) is 6.23. The molecule has 120 valence electrons. The fourth-order valence-corrected chi connectivity index (χ4v) is 2.92. The highest BCUT2D eigenvalue weighted by molar-refractivity contribution is 5.93. The molecule has 1 aromatic carbocycles. The van der Waals surface area contributed by atoms with E-state index in [-0.39, 0.29) is 24.4 Å². The van der Waals surface area contributed by atoms with Gasteiger partial charge in [-0.25, -0.2) is 0 Å². The Bertz CT molecular complexity index is 569. The van der Waals surface area contributed by atoms with Gasteiger partial charge in [0.2, 0.25) is 11.8 Å². The highest BCUT2D eigenvalue weighted by Crippen LogP contribution is 2.20. The maximum absolute atomic E-state index is 12.3. The fourth-order valence-electron chi connectivity index (χ4n) is 2.92. The first kappa shape index (κ1) is 16.5. The summed E-state index contributed by atoms with van der Waals surface area (Å²) in [6, 6.07) is 5.79. The van der Waals surface area contributed by atoms with Crippen molar-refractivity contribution in [2.45, 2.75) is 32.7 Å².